The van der Waals surface area contributed by atoms with E-state index in [2.05, 4.69) is 10.9 Å². The number of nitrogens with zero attached hydrogens (tertiary/aromatic N) is 2. The van der Waals surface area contributed by atoms with Gasteiger partial charge in [0.2, 0.25) is 0 Å². The average molecular weight is 377 g/mol. The van der Waals surface area contributed by atoms with Gasteiger partial charge >= 0.3 is 11.7 Å². The predicted molar refractivity (Wildman–Crippen MR) is 94.3 cm³/mol. The molecule has 0 radical (unpaired) electrons. The number of terminal acetylenes is 1. The minimum absolute atomic E-state index is 0.0456. The maximum Gasteiger partial charge on any atom is 0.363 e. The van der Waals surface area contributed by atoms with Crippen molar-refractivity contribution in [1.29, 1.82) is 0 Å². The number of rotatable bonds is 3. The fourth-order valence-corrected chi connectivity index (χ4v) is 3.61. The maximum atomic E-state index is 13.1. The molecule has 1 aliphatic carbocycles. The highest BCUT2D eigenvalue weighted by Crippen LogP contribution is 2.37. The van der Waals surface area contributed by atoms with Gasteiger partial charge in [-0.3, -0.25) is 4.57 Å². The lowest BCUT2D eigenvalue weighted by Gasteiger charge is -2.33. The molecule has 0 bridgehead atoms. The Balaban J connectivity index is 2.08. The van der Waals surface area contributed by atoms with Crippen LogP contribution in [0.15, 0.2) is 11.0 Å². The van der Waals surface area contributed by atoms with Gasteiger partial charge in [-0.1, -0.05) is 12.3 Å². The first-order valence-electron chi connectivity index (χ1n) is 8.92. The van der Waals surface area contributed by atoms with E-state index in [-0.39, 0.29) is 17.5 Å². The normalized spacial score (nSPS) is 31.4. The van der Waals surface area contributed by atoms with Crippen LogP contribution in [0.4, 0.5) is 5.82 Å². The Hall–Kier alpha value is -2.41. The molecular formula is C18H23N3O6. The summed E-state index contributed by atoms with van der Waals surface area (Å²) in [5.74, 6) is 1.11. The zero-order valence-corrected chi connectivity index (χ0v) is 15.0. The second-order valence-electron chi connectivity index (χ2n) is 6.96. The molecule has 1 aromatic heterocycles. The highest BCUT2D eigenvalue weighted by atomic mass is 16.6. The molecule has 1 saturated carbocycles. The highest BCUT2D eigenvalue weighted by molar-refractivity contribution is 5.79. The molecule has 3 rings (SSSR count). The lowest BCUT2D eigenvalue weighted by molar-refractivity contribution is -0.205. The molecule has 1 saturated heterocycles. The minimum atomic E-state index is -2.29. The fourth-order valence-electron chi connectivity index (χ4n) is 3.61. The van der Waals surface area contributed by atoms with Crippen LogP contribution in [0, 0.1) is 12.3 Å². The first kappa shape index (κ1) is 19.4. The molecule has 9 heteroatoms. The minimum Gasteiger partial charge on any atom is -0.459 e. The summed E-state index contributed by atoms with van der Waals surface area (Å²) in [6.45, 7) is 1.47. The Labute approximate surface area is 156 Å². The Kier molecular flexibility index (Phi) is 5.24. The zero-order chi connectivity index (χ0) is 19.8. The number of hydrogen-bond acceptors (Lipinski definition) is 8. The van der Waals surface area contributed by atoms with Gasteiger partial charge in [0.25, 0.3) is 5.72 Å². The van der Waals surface area contributed by atoms with Gasteiger partial charge < -0.3 is 25.4 Å². The number of carbonyl (C=O) groups excluding carboxylic acids is 1. The van der Waals surface area contributed by atoms with E-state index in [4.69, 9.17) is 21.6 Å². The molecule has 4 atom stereocenters. The van der Waals surface area contributed by atoms with Crippen LogP contribution in [-0.4, -0.2) is 50.1 Å². The van der Waals surface area contributed by atoms with Crippen molar-refractivity contribution in [3.05, 3.63) is 22.2 Å². The third-order valence-electron chi connectivity index (χ3n) is 5.16. The van der Waals surface area contributed by atoms with Gasteiger partial charge in [0.1, 0.15) is 24.1 Å². The van der Waals surface area contributed by atoms with Crippen molar-refractivity contribution in [1.82, 2.24) is 9.55 Å². The molecule has 27 heavy (non-hydrogen) atoms. The van der Waals surface area contributed by atoms with Crippen LogP contribution in [0.2, 0.25) is 0 Å². The van der Waals surface area contributed by atoms with Crippen molar-refractivity contribution in [3.8, 4) is 12.3 Å². The topological polar surface area (TPSA) is 137 Å². The van der Waals surface area contributed by atoms with Crippen LogP contribution >= 0.6 is 0 Å². The number of esters is 1. The van der Waals surface area contributed by atoms with Gasteiger partial charge in [-0.15, -0.1) is 6.42 Å². The van der Waals surface area contributed by atoms with Crippen molar-refractivity contribution >= 4 is 11.8 Å². The number of aromatic nitrogens is 2. The van der Waals surface area contributed by atoms with E-state index in [1.807, 2.05) is 0 Å². The van der Waals surface area contributed by atoms with E-state index in [9.17, 15) is 19.8 Å². The van der Waals surface area contributed by atoms with Gasteiger partial charge in [-0.05, 0) is 32.6 Å². The number of aliphatic hydroxyl groups is 2. The first-order chi connectivity index (χ1) is 12.8. The van der Waals surface area contributed by atoms with Crippen LogP contribution < -0.4 is 11.4 Å². The smallest absolute Gasteiger partial charge is 0.363 e. The summed E-state index contributed by atoms with van der Waals surface area (Å²) in [5, 5.41) is 20.8. The van der Waals surface area contributed by atoms with E-state index >= 15 is 0 Å². The van der Waals surface area contributed by atoms with Crippen molar-refractivity contribution in [3.63, 3.8) is 0 Å². The van der Waals surface area contributed by atoms with E-state index in [1.54, 1.807) is 0 Å². The predicted octanol–water partition coefficient (Wildman–Crippen LogP) is -0.524. The van der Waals surface area contributed by atoms with Crippen molar-refractivity contribution < 1.29 is 24.5 Å². The highest BCUT2D eigenvalue weighted by Gasteiger charge is 2.61. The molecule has 146 valence electrons. The van der Waals surface area contributed by atoms with Crippen LogP contribution in [0.5, 0.6) is 0 Å². The molecule has 2 fully saturated rings. The molecule has 1 aliphatic heterocycles. The van der Waals surface area contributed by atoms with Crippen LogP contribution in [-0.2, 0) is 20.0 Å². The number of hydrogen-bond donors (Lipinski definition) is 3. The summed E-state index contributed by atoms with van der Waals surface area (Å²) in [6, 6.07) is 0. The van der Waals surface area contributed by atoms with Gasteiger partial charge in [0.05, 0.1) is 11.7 Å². The van der Waals surface area contributed by atoms with Crippen LogP contribution in [0.25, 0.3) is 0 Å². The maximum absolute atomic E-state index is 13.1. The standard InChI is InChI=1S/C18H23N3O6/c1-3-11-9-21(17(25)20-15(11)19)18(14(23)13(22)10(2)27-18)16(24)26-12-7-5-4-6-8-12/h1,9-10,12-14,22-23H,4-8H2,2H3,(H2,19,20,25)/t10-,13-,14-,18+/m1/s1. The molecule has 4 N–H and O–H groups in total. The summed E-state index contributed by atoms with van der Waals surface area (Å²) < 4.78 is 11.9. The second-order valence-corrected chi connectivity index (χ2v) is 6.96. The SMILES string of the molecule is C#Cc1cn([C@]2(C(=O)OC3CCCCC3)O[C@H](C)[C@@H](O)[C@H]2O)c(=O)nc1N. The lowest BCUT2D eigenvalue weighted by Crippen LogP contribution is -2.57. The van der Waals surface area contributed by atoms with E-state index in [1.165, 1.54) is 6.92 Å². The molecule has 0 spiro atoms. The van der Waals surface area contributed by atoms with Crippen LogP contribution in [0.1, 0.15) is 44.6 Å². The molecular weight excluding hydrogens is 354 g/mol. The molecule has 2 heterocycles. The average Bonchev–Trinajstić information content (AvgIpc) is 2.87. The van der Waals surface area contributed by atoms with Crippen molar-refractivity contribution in [2.24, 2.45) is 0 Å². The zero-order valence-electron chi connectivity index (χ0n) is 15.0. The molecule has 2 aliphatic rings. The molecule has 1 aromatic rings. The number of nitrogen functional groups attached to an aromatic ring is 1. The third kappa shape index (κ3) is 3.20. The summed E-state index contributed by atoms with van der Waals surface area (Å²) in [4.78, 5) is 29.2. The summed E-state index contributed by atoms with van der Waals surface area (Å²) in [6.07, 6.45) is 6.28. The fraction of sp³-hybridized carbons (Fsp3) is 0.611. The Bertz CT molecular complexity index is 825. The number of carbonyl (C=O) groups is 1. The molecule has 9 nitrogen and oxygen atoms in total. The Morgan fingerprint density at radius 2 is 2.11 bits per heavy atom. The first-order valence-corrected chi connectivity index (χ1v) is 8.92. The second kappa shape index (κ2) is 7.31. The summed E-state index contributed by atoms with van der Waals surface area (Å²) >= 11 is 0. The quantitative estimate of drug-likeness (QED) is 0.473. The van der Waals surface area contributed by atoms with Gasteiger partial charge in [-0.25, -0.2) is 9.59 Å². The monoisotopic (exact) mass is 377 g/mol. The largest absolute Gasteiger partial charge is 0.459 e. The van der Waals surface area contributed by atoms with Crippen LogP contribution in [0.3, 0.4) is 0 Å². The Morgan fingerprint density at radius 3 is 2.67 bits per heavy atom. The number of nitrogens with two attached hydrogens (primary N) is 1. The molecule has 0 unspecified atom stereocenters. The summed E-state index contributed by atoms with van der Waals surface area (Å²) in [5.41, 5.74) is 2.42. The third-order valence-corrected chi connectivity index (χ3v) is 5.16. The number of anilines is 1. The van der Waals surface area contributed by atoms with Gasteiger partial charge in [0, 0.05) is 6.20 Å². The molecule has 0 aromatic carbocycles. The van der Waals surface area contributed by atoms with Crippen molar-refractivity contribution in [2.75, 3.05) is 5.73 Å². The van der Waals surface area contributed by atoms with E-state index in [0.29, 0.717) is 12.8 Å². The number of aliphatic hydroxyl groups excluding tert-OH is 2. The molecule has 0 amide bonds. The van der Waals surface area contributed by atoms with Gasteiger partial charge in [-0.2, -0.15) is 4.98 Å². The summed E-state index contributed by atoms with van der Waals surface area (Å²) in [7, 11) is 0. The van der Waals surface area contributed by atoms with E-state index in [0.717, 1.165) is 30.0 Å². The van der Waals surface area contributed by atoms with Gasteiger partial charge in [0.15, 0.2) is 0 Å². The number of ether oxygens (including phenoxy) is 2. The lowest BCUT2D eigenvalue weighted by atomic mass is 9.97. The Morgan fingerprint density at radius 1 is 1.44 bits per heavy atom. The van der Waals surface area contributed by atoms with Crippen molar-refractivity contribution in [2.45, 2.75) is 69.2 Å². The van der Waals surface area contributed by atoms with E-state index < -0.39 is 35.7 Å².